The molecular formula is C21H25N3O2. The fourth-order valence-electron chi connectivity index (χ4n) is 4.17. The van der Waals surface area contributed by atoms with Crippen molar-refractivity contribution < 1.29 is 9.90 Å². The highest BCUT2D eigenvalue weighted by Gasteiger charge is 2.45. The molecule has 4 rings (SSSR count). The molecule has 2 heterocycles. The third-order valence-electron chi connectivity index (χ3n) is 6.24. The van der Waals surface area contributed by atoms with Gasteiger partial charge in [0.15, 0.2) is 5.78 Å². The van der Waals surface area contributed by atoms with E-state index in [-0.39, 0.29) is 23.7 Å². The molecule has 5 nitrogen and oxygen atoms in total. The predicted molar refractivity (Wildman–Crippen MR) is 97.8 cm³/mol. The standard InChI is InChI=1S/C21H25N3O2/c1-13(2)20(26)16-4-3-14-11-17(25)15(12-22)19(18(14)23-16)24-9-7-21(5-6-21)8-10-24/h3-4,13,20,26H,5-11H2,1-2H3. The van der Waals surface area contributed by atoms with Crippen LogP contribution < -0.4 is 0 Å². The highest BCUT2D eigenvalue weighted by atomic mass is 16.3. The lowest BCUT2D eigenvalue weighted by molar-refractivity contribution is -0.114. The maximum absolute atomic E-state index is 12.5. The van der Waals surface area contributed by atoms with Gasteiger partial charge in [-0.3, -0.25) is 4.79 Å². The Hall–Kier alpha value is -2.19. The number of aliphatic hydroxyl groups excluding tert-OH is 1. The lowest BCUT2D eigenvalue weighted by Gasteiger charge is -2.37. The summed E-state index contributed by atoms with van der Waals surface area (Å²) in [5, 5.41) is 20.1. The number of nitriles is 1. The minimum absolute atomic E-state index is 0.0540. The average molecular weight is 351 g/mol. The van der Waals surface area contributed by atoms with Gasteiger partial charge in [0, 0.05) is 19.5 Å². The number of hydrogen-bond donors (Lipinski definition) is 1. The number of aliphatic hydroxyl groups is 1. The summed E-state index contributed by atoms with van der Waals surface area (Å²) in [4.78, 5) is 19.4. The zero-order chi connectivity index (χ0) is 18.5. The quantitative estimate of drug-likeness (QED) is 0.906. The van der Waals surface area contributed by atoms with E-state index in [1.54, 1.807) is 6.07 Å². The molecule has 1 unspecified atom stereocenters. The van der Waals surface area contributed by atoms with Gasteiger partial charge in [0.05, 0.1) is 23.2 Å². The van der Waals surface area contributed by atoms with Crippen LogP contribution in [0.3, 0.4) is 0 Å². The SMILES string of the molecule is CC(C)C(O)c1ccc2c(n1)C(N1CCC3(CC1)CC3)=C(C#N)C(=O)C2. The zero-order valence-corrected chi connectivity index (χ0v) is 15.5. The molecule has 1 spiro atoms. The molecule has 0 aromatic carbocycles. The van der Waals surface area contributed by atoms with Crippen LogP contribution in [-0.2, 0) is 11.2 Å². The van der Waals surface area contributed by atoms with Crippen molar-refractivity contribution >= 4 is 11.5 Å². The molecule has 2 fully saturated rings. The third-order valence-corrected chi connectivity index (χ3v) is 6.24. The van der Waals surface area contributed by atoms with Gasteiger partial charge in [0.1, 0.15) is 11.6 Å². The molecule has 1 aliphatic heterocycles. The van der Waals surface area contributed by atoms with Crippen LogP contribution in [-0.4, -0.2) is 33.9 Å². The fraction of sp³-hybridized carbons (Fsp3) is 0.571. The van der Waals surface area contributed by atoms with Crippen LogP contribution in [0.4, 0.5) is 0 Å². The molecule has 5 heteroatoms. The first-order valence-corrected chi connectivity index (χ1v) is 9.55. The van der Waals surface area contributed by atoms with E-state index >= 15 is 0 Å². The molecule has 1 aromatic heterocycles. The second-order valence-electron chi connectivity index (χ2n) is 8.36. The molecule has 1 saturated carbocycles. The molecule has 1 saturated heterocycles. The lowest BCUT2D eigenvalue weighted by Crippen LogP contribution is -2.36. The van der Waals surface area contributed by atoms with Crippen LogP contribution in [0.2, 0.25) is 0 Å². The molecule has 26 heavy (non-hydrogen) atoms. The van der Waals surface area contributed by atoms with Crippen molar-refractivity contribution in [2.24, 2.45) is 11.3 Å². The monoisotopic (exact) mass is 351 g/mol. The zero-order valence-electron chi connectivity index (χ0n) is 15.5. The van der Waals surface area contributed by atoms with Gasteiger partial charge in [0.2, 0.25) is 0 Å². The molecule has 0 radical (unpaired) electrons. The van der Waals surface area contributed by atoms with E-state index in [4.69, 9.17) is 4.98 Å². The highest BCUT2D eigenvalue weighted by molar-refractivity contribution is 6.09. The largest absolute Gasteiger partial charge is 0.387 e. The average Bonchev–Trinajstić information content (AvgIpc) is 3.39. The number of pyridine rings is 1. The fourth-order valence-corrected chi connectivity index (χ4v) is 4.17. The van der Waals surface area contributed by atoms with Crippen LogP contribution in [0.5, 0.6) is 0 Å². The minimum Gasteiger partial charge on any atom is -0.387 e. The van der Waals surface area contributed by atoms with E-state index in [0.29, 0.717) is 22.5 Å². The number of allylic oxidation sites excluding steroid dienone is 1. The van der Waals surface area contributed by atoms with Gasteiger partial charge in [-0.05, 0) is 48.6 Å². The number of piperidine rings is 1. The van der Waals surface area contributed by atoms with Gasteiger partial charge >= 0.3 is 0 Å². The first-order valence-electron chi connectivity index (χ1n) is 9.55. The maximum atomic E-state index is 12.5. The number of rotatable bonds is 3. The molecule has 1 aromatic rings. The van der Waals surface area contributed by atoms with Crippen LogP contribution >= 0.6 is 0 Å². The summed E-state index contributed by atoms with van der Waals surface area (Å²) < 4.78 is 0. The molecule has 2 aliphatic carbocycles. The summed E-state index contributed by atoms with van der Waals surface area (Å²) in [6.45, 7) is 5.64. The minimum atomic E-state index is -0.652. The number of fused-ring (bicyclic) bond motifs is 1. The maximum Gasteiger partial charge on any atom is 0.180 e. The summed E-state index contributed by atoms with van der Waals surface area (Å²) >= 11 is 0. The van der Waals surface area contributed by atoms with Gasteiger partial charge in [-0.1, -0.05) is 19.9 Å². The van der Waals surface area contributed by atoms with Crippen molar-refractivity contribution in [3.05, 3.63) is 34.7 Å². The smallest absolute Gasteiger partial charge is 0.180 e. The van der Waals surface area contributed by atoms with Crippen LogP contribution in [0, 0.1) is 22.7 Å². The number of Topliss-reactive ketones (excluding diaryl/α,β-unsaturated/α-hetero) is 1. The summed E-state index contributed by atoms with van der Waals surface area (Å²) in [5.74, 6) is -0.0704. The van der Waals surface area contributed by atoms with Gasteiger partial charge < -0.3 is 10.0 Å². The first kappa shape index (κ1) is 17.2. The van der Waals surface area contributed by atoms with E-state index in [2.05, 4.69) is 11.0 Å². The van der Waals surface area contributed by atoms with E-state index < -0.39 is 6.10 Å². The first-order chi connectivity index (χ1) is 12.4. The van der Waals surface area contributed by atoms with Gasteiger partial charge in [0.25, 0.3) is 0 Å². The number of carbonyl (C=O) groups is 1. The van der Waals surface area contributed by atoms with E-state index in [9.17, 15) is 15.2 Å². The second-order valence-corrected chi connectivity index (χ2v) is 8.36. The Bertz CT molecular complexity index is 820. The van der Waals surface area contributed by atoms with Crippen molar-refractivity contribution in [1.29, 1.82) is 5.26 Å². The normalized spacial score (nSPS) is 22.4. The van der Waals surface area contributed by atoms with Gasteiger partial charge in [-0.2, -0.15) is 5.26 Å². The predicted octanol–water partition coefficient (Wildman–Crippen LogP) is 3.01. The number of likely N-dealkylation sites (tertiary alicyclic amines) is 1. The molecule has 3 aliphatic rings. The second kappa shape index (κ2) is 6.21. The van der Waals surface area contributed by atoms with Crippen molar-refractivity contribution in [2.75, 3.05) is 13.1 Å². The lowest BCUT2D eigenvalue weighted by atomic mass is 9.88. The number of carbonyl (C=O) groups excluding carboxylic acids is 1. The summed E-state index contributed by atoms with van der Waals surface area (Å²) in [6.07, 6.45) is 4.42. The molecular weight excluding hydrogens is 326 g/mol. The third kappa shape index (κ3) is 2.83. The Labute approximate surface area is 154 Å². The Balaban J connectivity index is 1.76. The Morgan fingerprint density at radius 2 is 1.92 bits per heavy atom. The van der Waals surface area contributed by atoms with Gasteiger partial charge in [-0.25, -0.2) is 4.98 Å². The van der Waals surface area contributed by atoms with Crippen molar-refractivity contribution in [2.45, 2.75) is 52.1 Å². The summed E-state index contributed by atoms with van der Waals surface area (Å²) in [5.41, 5.74) is 3.62. The van der Waals surface area contributed by atoms with Crippen LogP contribution in [0.1, 0.15) is 62.6 Å². The van der Waals surface area contributed by atoms with Crippen molar-refractivity contribution in [3.8, 4) is 6.07 Å². The molecule has 1 atom stereocenters. The van der Waals surface area contributed by atoms with Crippen molar-refractivity contribution in [3.63, 3.8) is 0 Å². The molecule has 0 amide bonds. The molecule has 136 valence electrons. The van der Waals surface area contributed by atoms with E-state index in [1.807, 2.05) is 19.9 Å². The van der Waals surface area contributed by atoms with Crippen LogP contribution in [0.15, 0.2) is 17.7 Å². The van der Waals surface area contributed by atoms with E-state index in [0.717, 1.165) is 31.5 Å². The summed E-state index contributed by atoms with van der Waals surface area (Å²) in [7, 11) is 0. The van der Waals surface area contributed by atoms with E-state index in [1.165, 1.54) is 12.8 Å². The molecule has 0 bridgehead atoms. The van der Waals surface area contributed by atoms with Crippen LogP contribution in [0.25, 0.3) is 5.70 Å². The number of ketones is 1. The van der Waals surface area contributed by atoms with Crippen molar-refractivity contribution in [1.82, 2.24) is 9.88 Å². The Morgan fingerprint density at radius 3 is 2.50 bits per heavy atom. The Morgan fingerprint density at radius 1 is 1.23 bits per heavy atom. The number of hydrogen-bond acceptors (Lipinski definition) is 5. The molecule has 1 N–H and O–H groups in total. The van der Waals surface area contributed by atoms with Gasteiger partial charge in [-0.15, -0.1) is 0 Å². The summed E-state index contributed by atoms with van der Waals surface area (Å²) in [6, 6.07) is 5.83. The number of aromatic nitrogens is 1. The highest BCUT2D eigenvalue weighted by Crippen LogP contribution is 2.54. The number of nitrogens with zero attached hydrogens (tertiary/aromatic N) is 3. The Kier molecular flexibility index (Phi) is 4.11. The topological polar surface area (TPSA) is 77.2 Å².